The smallest absolute Gasteiger partial charge is 0.258 e. The summed E-state index contributed by atoms with van der Waals surface area (Å²) in [6.07, 6.45) is 4.98. The van der Waals surface area contributed by atoms with E-state index < -0.39 is 0 Å². The molecule has 0 bridgehead atoms. The van der Waals surface area contributed by atoms with Crippen LogP contribution in [-0.2, 0) is 0 Å². The molecule has 2 aliphatic heterocycles. The molecule has 2 unspecified atom stereocenters. The van der Waals surface area contributed by atoms with Crippen LogP contribution >= 0.6 is 11.6 Å². The number of carbonyl (C=O) groups is 1. The number of likely N-dealkylation sites (tertiary alicyclic amines) is 2. The molecular formula is C14H19ClN2O2. The molecule has 0 aromatic carbocycles. The first kappa shape index (κ1) is 13.0. The molecule has 1 amide bonds. The van der Waals surface area contributed by atoms with Crippen LogP contribution in [0.2, 0.25) is 5.22 Å². The quantitative estimate of drug-likeness (QED) is 0.794. The number of fused-ring (bicyclic) bond motifs is 1. The van der Waals surface area contributed by atoms with Crippen molar-refractivity contribution in [2.24, 2.45) is 5.92 Å². The summed E-state index contributed by atoms with van der Waals surface area (Å²) in [6.45, 7) is 2.84. The molecule has 2 aliphatic rings. The van der Waals surface area contributed by atoms with Crippen molar-refractivity contribution < 1.29 is 9.21 Å². The van der Waals surface area contributed by atoms with Crippen LogP contribution in [0.3, 0.4) is 0 Å². The van der Waals surface area contributed by atoms with E-state index in [4.69, 9.17) is 16.0 Å². The van der Waals surface area contributed by atoms with Gasteiger partial charge in [-0.3, -0.25) is 4.79 Å². The van der Waals surface area contributed by atoms with E-state index in [1.54, 1.807) is 6.07 Å². The summed E-state index contributed by atoms with van der Waals surface area (Å²) < 4.78 is 5.01. The summed E-state index contributed by atoms with van der Waals surface area (Å²) in [5.41, 5.74) is 0.490. The molecule has 2 atom stereocenters. The van der Waals surface area contributed by atoms with Crippen molar-refractivity contribution in [2.75, 3.05) is 26.7 Å². The highest BCUT2D eigenvalue weighted by Gasteiger charge is 2.36. The fourth-order valence-corrected chi connectivity index (χ4v) is 3.65. The van der Waals surface area contributed by atoms with Gasteiger partial charge in [0.2, 0.25) is 5.22 Å². The lowest BCUT2D eigenvalue weighted by molar-refractivity contribution is 0.0316. The van der Waals surface area contributed by atoms with Crippen LogP contribution in [0.5, 0.6) is 0 Å². The third kappa shape index (κ3) is 2.39. The zero-order chi connectivity index (χ0) is 13.4. The minimum atomic E-state index is 0.00502. The molecule has 3 heterocycles. The summed E-state index contributed by atoms with van der Waals surface area (Å²) in [6, 6.07) is 2.29. The molecule has 19 heavy (non-hydrogen) atoms. The van der Waals surface area contributed by atoms with E-state index in [2.05, 4.69) is 11.9 Å². The van der Waals surface area contributed by atoms with Crippen LogP contribution in [0.4, 0.5) is 0 Å². The molecule has 0 aliphatic carbocycles. The van der Waals surface area contributed by atoms with E-state index in [0.29, 0.717) is 17.5 Å². The second-order valence-corrected chi connectivity index (χ2v) is 5.94. The first-order valence-electron chi connectivity index (χ1n) is 6.89. The fraction of sp³-hybridized carbons (Fsp3) is 0.643. The van der Waals surface area contributed by atoms with Gasteiger partial charge in [0.15, 0.2) is 0 Å². The lowest BCUT2D eigenvalue weighted by Gasteiger charge is -2.45. The maximum atomic E-state index is 12.4. The van der Waals surface area contributed by atoms with Crippen LogP contribution in [0.15, 0.2) is 16.7 Å². The van der Waals surface area contributed by atoms with Crippen molar-refractivity contribution >= 4 is 17.5 Å². The summed E-state index contributed by atoms with van der Waals surface area (Å²) >= 11 is 5.89. The minimum Gasteiger partial charge on any atom is -0.452 e. The number of rotatable bonds is 1. The second kappa shape index (κ2) is 5.17. The standard InChI is InChI=1S/C14H19ClN2O2/c1-16-6-2-3-10-9-17(7-4-12(10)16)14(18)11-5-8-19-13(11)15/h5,8,10,12H,2-4,6-7,9H2,1H3. The second-order valence-electron chi connectivity index (χ2n) is 5.60. The Labute approximate surface area is 118 Å². The SMILES string of the molecule is CN1CCCC2CN(C(=O)c3ccoc3Cl)CCC21. The Bertz CT molecular complexity index is 474. The van der Waals surface area contributed by atoms with Crippen molar-refractivity contribution in [3.63, 3.8) is 0 Å². The van der Waals surface area contributed by atoms with Gasteiger partial charge in [0.25, 0.3) is 5.91 Å². The first-order chi connectivity index (χ1) is 9.16. The highest BCUT2D eigenvalue weighted by Crippen LogP contribution is 2.31. The number of amides is 1. The third-order valence-electron chi connectivity index (χ3n) is 4.48. The molecule has 0 radical (unpaired) electrons. The Hall–Kier alpha value is -1.00. The summed E-state index contributed by atoms with van der Waals surface area (Å²) in [4.78, 5) is 16.8. The number of carbonyl (C=O) groups excluding carboxylic acids is 1. The lowest BCUT2D eigenvalue weighted by atomic mass is 9.84. The topological polar surface area (TPSA) is 36.7 Å². The van der Waals surface area contributed by atoms with Gasteiger partial charge >= 0.3 is 0 Å². The Morgan fingerprint density at radius 3 is 3.00 bits per heavy atom. The number of hydrogen-bond donors (Lipinski definition) is 0. The van der Waals surface area contributed by atoms with Gasteiger partial charge in [-0.05, 0) is 56.4 Å². The van der Waals surface area contributed by atoms with Gasteiger partial charge in [0, 0.05) is 19.1 Å². The van der Waals surface area contributed by atoms with Crippen LogP contribution in [0.25, 0.3) is 0 Å². The summed E-state index contributed by atoms with van der Waals surface area (Å²) in [5, 5.41) is 0.202. The Kier molecular flexibility index (Phi) is 3.54. The van der Waals surface area contributed by atoms with Crippen molar-refractivity contribution in [2.45, 2.75) is 25.3 Å². The maximum Gasteiger partial charge on any atom is 0.258 e. The molecule has 1 aromatic heterocycles. The number of hydrogen-bond acceptors (Lipinski definition) is 3. The average Bonchev–Trinajstić information content (AvgIpc) is 2.84. The molecule has 2 fully saturated rings. The monoisotopic (exact) mass is 282 g/mol. The van der Waals surface area contributed by atoms with Crippen molar-refractivity contribution in [1.29, 1.82) is 0 Å². The van der Waals surface area contributed by atoms with Gasteiger partial charge in [-0.15, -0.1) is 0 Å². The molecule has 4 nitrogen and oxygen atoms in total. The van der Waals surface area contributed by atoms with Crippen molar-refractivity contribution in [3.05, 3.63) is 23.1 Å². The van der Waals surface area contributed by atoms with E-state index in [9.17, 15) is 4.79 Å². The molecule has 104 valence electrons. The number of furan rings is 1. The molecule has 5 heteroatoms. The first-order valence-corrected chi connectivity index (χ1v) is 7.27. The largest absolute Gasteiger partial charge is 0.452 e. The predicted octanol–water partition coefficient (Wildman–Crippen LogP) is 2.49. The molecule has 0 N–H and O–H groups in total. The van der Waals surface area contributed by atoms with E-state index >= 15 is 0 Å². The van der Waals surface area contributed by atoms with Gasteiger partial charge < -0.3 is 14.2 Å². The zero-order valence-electron chi connectivity index (χ0n) is 11.1. The third-order valence-corrected chi connectivity index (χ3v) is 4.77. The van der Waals surface area contributed by atoms with E-state index in [-0.39, 0.29) is 11.1 Å². The van der Waals surface area contributed by atoms with Gasteiger partial charge in [0.1, 0.15) is 0 Å². The van der Waals surface area contributed by atoms with Crippen molar-refractivity contribution in [1.82, 2.24) is 9.80 Å². The molecule has 0 spiro atoms. The van der Waals surface area contributed by atoms with Gasteiger partial charge in [0.05, 0.1) is 11.8 Å². The van der Waals surface area contributed by atoms with Crippen LogP contribution in [-0.4, -0.2) is 48.4 Å². The number of halogens is 1. The predicted molar refractivity (Wildman–Crippen MR) is 73.4 cm³/mol. The zero-order valence-corrected chi connectivity index (χ0v) is 11.9. The Morgan fingerprint density at radius 2 is 2.26 bits per heavy atom. The minimum absolute atomic E-state index is 0.00502. The molecule has 3 rings (SSSR count). The average molecular weight is 283 g/mol. The highest BCUT2D eigenvalue weighted by atomic mass is 35.5. The number of piperidine rings is 2. The van der Waals surface area contributed by atoms with E-state index in [1.807, 2.05) is 4.90 Å². The van der Waals surface area contributed by atoms with Crippen LogP contribution in [0.1, 0.15) is 29.6 Å². The highest BCUT2D eigenvalue weighted by molar-refractivity contribution is 6.32. The molecule has 2 saturated heterocycles. The van der Waals surface area contributed by atoms with Crippen LogP contribution in [0, 0.1) is 5.92 Å². The lowest BCUT2D eigenvalue weighted by Crippen LogP contribution is -2.53. The number of nitrogens with zero attached hydrogens (tertiary/aromatic N) is 2. The van der Waals surface area contributed by atoms with E-state index in [0.717, 1.165) is 19.5 Å². The summed E-state index contributed by atoms with van der Waals surface area (Å²) in [5.74, 6) is 0.604. The van der Waals surface area contributed by atoms with Gasteiger partial charge in [-0.2, -0.15) is 0 Å². The molecule has 0 saturated carbocycles. The Morgan fingerprint density at radius 1 is 1.42 bits per heavy atom. The normalized spacial score (nSPS) is 28.2. The van der Waals surface area contributed by atoms with E-state index in [1.165, 1.54) is 25.6 Å². The molecular weight excluding hydrogens is 264 g/mol. The fourth-order valence-electron chi connectivity index (χ4n) is 3.45. The van der Waals surface area contributed by atoms with Gasteiger partial charge in [-0.1, -0.05) is 0 Å². The molecule has 1 aromatic rings. The maximum absolute atomic E-state index is 12.4. The Balaban J connectivity index is 1.71. The summed E-state index contributed by atoms with van der Waals surface area (Å²) in [7, 11) is 2.20. The van der Waals surface area contributed by atoms with Gasteiger partial charge in [-0.25, -0.2) is 0 Å². The van der Waals surface area contributed by atoms with Crippen molar-refractivity contribution in [3.8, 4) is 0 Å². The van der Waals surface area contributed by atoms with Crippen LogP contribution < -0.4 is 0 Å².